The van der Waals surface area contributed by atoms with Crippen LogP contribution < -0.4 is 10.1 Å². The molecule has 1 saturated heterocycles. The van der Waals surface area contributed by atoms with Crippen molar-refractivity contribution in [2.45, 2.75) is 44.3 Å². The topological polar surface area (TPSA) is 24.5 Å². The number of halogens is 1. The molecule has 3 nitrogen and oxygen atoms in total. The molecule has 0 bridgehead atoms. The van der Waals surface area contributed by atoms with Crippen LogP contribution in [0.2, 0.25) is 5.02 Å². The molecule has 1 aliphatic heterocycles. The van der Waals surface area contributed by atoms with E-state index in [9.17, 15) is 0 Å². The minimum Gasteiger partial charge on any atom is -0.495 e. The summed E-state index contributed by atoms with van der Waals surface area (Å²) >= 11 is 6.15. The summed E-state index contributed by atoms with van der Waals surface area (Å²) < 4.78 is 5.18. The number of piperidine rings is 1. The van der Waals surface area contributed by atoms with E-state index >= 15 is 0 Å². The number of benzene rings is 1. The summed E-state index contributed by atoms with van der Waals surface area (Å²) in [4.78, 5) is 2.66. The molecule has 0 unspecified atom stereocenters. The zero-order valence-corrected chi connectivity index (χ0v) is 12.8. The van der Waals surface area contributed by atoms with Gasteiger partial charge in [-0.3, -0.25) is 0 Å². The average molecular weight is 295 g/mol. The maximum absolute atomic E-state index is 6.15. The summed E-state index contributed by atoms with van der Waals surface area (Å²) in [5.74, 6) is 0.744. The first-order valence-corrected chi connectivity index (χ1v) is 7.94. The highest BCUT2D eigenvalue weighted by molar-refractivity contribution is 6.32. The van der Waals surface area contributed by atoms with E-state index in [1.807, 2.05) is 12.1 Å². The molecule has 3 rings (SSSR count). The van der Waals surface area contributed by atoms with E-state index in [1.54, 1.807) is 7.11 Å². The van der Waals surface area contributed by atoms with E-state index in [0.29, 0.717) is 11.1 Å². The number of nitrogens with zero attached hydrogens (tertiary/aromatic N) is 1. The number of nitrogens with one attached hydrogen (secondary N) is 1. The highest BCUT2D eigenvalue weighted by atomic mass is 35.5. The number of likely N-dealkylation sites (tertiary alicyclic amines) is 1. The van der Waals surface area contributed by atoms with Gasteiger partial charge in [0.2, 0.25) is 0 Å². The Labute approximate surface area is 126 Å². The lowest BCUT2D eigenvalue weighted by atomic mass is 10.0. The van der Waals surface area contributed by atoms with E-state index in [1.165, 1.54) is 44.3 Å². The molecule has 1 aromatic rings. The first-order chi connectivity index (χ1) is 9.76. The fourth-order valence-corrected chi connectivity index (χ4v) is 3.27. The largest absolute Gasteiger partial charge is 0.495 e. The Hall–Kier alpha value is -0.770. The predicted molar refractivity (Wildman–Crippen MR) is 82.5 cm³/mol. The maximum Gasteiger partial charge on any atom is 0.137 e. The van der Waals surface area contributed by atoms with Crippen molar-refractivity contribution in [2.75, 3.05) is 20.2 Å². The second-order valence-electron chi connectivity index (χ2n) is 5.89. The molecule has 0 aromatic heterocycles. The fourth-order valence-electron chi connectivity index (χ4n) is 2.99. The molecule has 1 aliphatic carbocycles. The van der Waals surface area contributed by atoms with Crippen LogP contribution in [0.1, 0.15) is 31.2 Å². The van der Waals surface area contributed by atoms with Gasteiger partial charge in [0.1, 0.15) is 5.75 Å². The van der Waals surface area contributed by atoms with Crippen molar-refractivity contribution in [3.05, 3.63) is 28.8 Å². The van der Waals surface area contributed by atoms with Crippen LogP contribution in [0.5, 0.6) is 5.75 Å². The van der Waals surface area contributed by atoms with Crippen molar-refractivity contribution in [3.8, 4) is 5.75 Å². The molecule has 20 heavy (non-hydrogen) atoms. The minimum absolute atomic E-state index is 0.644. The monoisotopic (exact) mass is 294 g/mol. The normalized spacial score (nSPS) is 21.1. The predicted octanol–water partition coefficient (Wildman–Crippen LogP) is 3.07. The van der Waals surface area contributed by atoms with Crippen molar-refractivity contribution < 1.29 is 4.74 Å². The van der Waals surface area contributed by atoms with Crippen LogP contribution >= 0.6 is 11.6 Å². The van der Waals surface area contributed by atoms with Crippen LogP contribution in [0.3, 0.4) is 0 Å². The number of hydrogen-bond acceptors (Lipinski definition) is 3. The smallest absolute Gasteiger partial charge is 0.137 e. The minimum atomic E-state index is 0.644. The molecule has 0 spiro atoms. The van der Waals surface area contributed by atoms with Gasteiger partial charge < -0.3 is 15.0 Å². The second kappa shape index (κ2) is 6.33. The number of ether oxygens (including phenoxy) is 1. The third kappa shape index (κ3) is 3.46. The molecule has 0 atom stereocenters. The lowest BCUT2D eigenvalue weighted by Gasteiger charge is -2.32. The summed E-state index contributed by atoms with van der Waals surface area (Å²) in [6.07, 6.45) is 5.37. The quantitative estimate of drug-likeness (QED) is 0.903. The van der Waals surface area contributed by atoms with E-state index in [-0.39, 0.29) is 0 Å². The van der Waals surface area contributed by atoms with Gasteiger partial charge >= 0.3 is 0 Å². The van der Waals surface area contributed by atoms with Gasteiger partial charge in [-0.2, -0.15) is 0 Å². The maximum atomic E-state index is 6.15. The fraction of sp³-hybridized carbons (Fsp3) is 0.625. The summed E-state index contributed by atoms with van der Waals surface area (Å²) in [6.45, 7) is 3.40. The Balaban J connectivity index is 1.46. The van der Waals surface area contributed by atoms with Gasteiger partial charge in [-0.25, -0.2) is 0 Å². The Kier molecular flexibility index (Phi) is 4.49. The number of methoxy groups -OCH3 is 1. The number of rotatable bonds is 5. The summed E-state index contributed by atoms with van der Waals surface area (Å²) in [5, 5.41) is 4.35. The van der Waals surface area contributed by atoms with E-state index < -0.39 is 0 Å². The lowest BCUT2D eigenvalue weighted by molar-refractivity contribution is 0.189. The molecule has 1 aromatic carbocycles. The van der Waals surface area contributed by atoms with Gasteiger partial charge in [-0.15, -0.1) is 0 Å². The first kappa shape index (κ1) is 14.2. The number of hydrogen-bond donors (Lipinski definition) is 1. The summed E-state index contributed by atoms with van der Waals surface area (Å²) in [7, 11) is 1.65. The zero-order chi connectivity index (χ0) is 13.9. The van der Waals surface area contributed by atoms with Gasteiger partial charge in [0.15, 0.2) is 0 Å². The molecule has 2 fully saturated rings. The highest BCUT2D eigenvalue weighted by Crippen LogP contribution is 2.29. The van der Waals surface area contributed by atoms with Crippen LogP contribution in [-0.2, 0) is 6.54 Å². The van der Waals surface area contributed by atoms with Crippen molar-refractivity contribution in [1.82, 2.24) is 10.2 Å². The Morgan fingerprint density at radius 1 is 1.25 bits per heavy atom. The van der Waals surface area contributed by atoms with Crippen LogP contribution in [0.25, 0.3) is 0 Å². The summed E-state index contributed by atoms with van der Waals surface area (Å²) in [6, 6.07) is 7.57. The molecule has 1 heterocycles. The van der Waals surface area contributed by atoms with Crippen molar-refractivity contribution in [1.29, 1.82) is 0 Å². The van der Waals surface area contributed by atoms with Crippen molar-refractivity contribution in [2.24, 2.45) is 0 Å². The molecule has 0 amide bonds. The van der Waals surface area contributed by atoms with Gasteiger partial charge in [0.05, 0.1) is 12.1 Å². The average Bonchev–Trinajstić information content (AvgIpc) is 3.30. The molecular weight excluding hydrogens is 272 g/mol. The van der Waals surface area contributed by atoms with Crippen molar-refractivity contribution in [3.63, 3.8) is 0 Å². The van der Waals surface area contributed by atoms with Crippen LogP contribution in [-0.4, -0.2) is 37.2 Å². The second-order valence-corrected chi connectivity index (χ2v) is 6.30. The van der Waals surface area contributed by atoms with Crippen LogP contribution in [0, 0.1) is 0 Å². The highest BCUT2D eigenvalue weighted by Gasteiger charge is 2.31. The van der Waals surface area contributed by atoms with Gasteiger partial charge in [-0.1, -0.05) is 17.7 Å². The van der Waals surface area contributed by atoms with Crippen LogP contribution in [0.4, 0.5) is 0 Å². The summed E-state index contributed by atoms with van der Waals surface area (Å²) in [5.41, 5.74) is 1.22. The van der Waals surface area contributed by atoms with Crippen molar-refractivity contribution >= 4 is 11.6 Å². The molecule has 2 aliphatic rings. The third-order valence-electron chi connectivity index (χ3n) is 4.40. The standard InChI is InChI=1S/C16H23ClN2O/c1-20-16-5-2-12(10-15(16)17)11-18-13-6-8-19(9-7-13)14-3-4-14/h2,5,10,13-14,18H,3-4,6-9,11H2,1H3. The van der Waals surface area contributed by atoms with Gasteiger partial charge in [0, 0.05) is 18.6 Å². The first-order valence-electron chi connectivity index (χ1n) is 7.56. The SMILES string of the molecule is COc1ccc(CNC2CCN(C3CC3)CC2)cc1Cl. The molecule has 1 saturated carbocycles. The van der Waals surface area contributed by atoms with Gasteiger partial charge in [-0.05, 0) is 56.5 Å². The molecule has 4 heteroatoms. The Morgan fingerprint density at radius 3 is 2.60 bits per heavy atom. The van der Waals surface area contributed by atoms with E-state index in [4.69, 9.17) is 16.3 Å². The Bertz CT molecular complexity index is 454. The molecular formula is C16H23ClN2O. The Morgan fingerprint density at radius 2 is 2.00 bits per heavy atom. The van der Waals surface area contributed by atoms with Crippen LogP contribution in [0.15, 0.2) is 18.2 Å². The van der Waals surface area contributed by atoms with E-state index in [0.717, 1.165) is 18.3 Å². The van der Waals surface area contributed by atoms with E-state index in [2.05, 4.69) is 16.3 Å². The zero-order valence-electron chi connectivity index (χ0n) is 12.1. The third-order valence-corrected chi connectivity index (χ3v) is 4.70. The van der Waals surface area contributed by atoms with Gasteiger partial charge in [0.25, 0.3) is 0 Å². The lowest BCUT2D eigenvalue weighted by Crippen LogP contribution is -2.43. The molecule has 0 radical (unpaired) electrons. The molecule has 110 valence electrons. The molecule has 1 N–H and O–H groups in total.